The number of phenols is 1. The van der Waals surface area contributed by atoms with E-state index in [4.69, 9.17) is 17.3 Å². The molecule has 8 rings (SSSR count). The standard InChI is InChI=1S/C61H67N3O/c1-37(2)43-33-50(38(3)4)57(65)52(34-43)58-63-56-49(44-30-45(32-48(31-44)61(12,13)14)53-35-42(28-29-62-53)40-20-18-39(5)19-21-40)16-15-17-55(56)64(58)54-27-26-47(60(9,10)11)36-51(54)41-22-24-46(25-23-41)59(6,7)8/h15-38,65H,1-14H3/i5D3,18D,19D,20D,21D,28D,29D,35D. The van der Waals surface area contributed by atoms with Gasteiger partial charge in [-0.05, 0) is 133 Å². The number of benzene rings is 6. The van der Waals surface area contributed by atoms with Crippen LogP contribution in [-0.2, 0) is 16.2 Å². The molecule has 4 nitrogen and oxygen atoms in total. The van der Waals surface area contributed by atoms with Crippen LogP contribution < -0.4 is 0 Å². The highest BCUT2D eigenvalue weighted by Crippen LogP contribution is 2.45. The molecule has 0 amide bonds. The molecule has 0 radical (unpaired) electrons. The Hall–Kier alpha value is -6.26. The summed E-state index contributed by atoms with van der Waals surface area (Å²) < 4.78 is 88.6. The number of hydrogen-bond donors (Lipinski definition) is 1. The zero-order valence-electron chi connectivity index (χ0n) is 50.1. The first-order valence-corrected chi connectivity index (χ1v) is 22.6. The second-order valence-corrected chi connectivity index (χ2v) is 21.1. The summed E-state index contributed by atoms with van der Waals surface area (Å²) in [5, 5.41) is 12.4. The van der Waals surface area contributed by atoms with Gasteiger partial charge >= 0.3 is 0 Å². The van der Waals surface area contributed by atoms with Crippen molar-refractivity contribution < 1.29 is 18.8 Å². The summed E-state index contributed by atoms with van der Waals surface area (Å²) in [6.07, 6.45) is -0.563. The molecule has 4 heteroatoms. The van der Waals surface area contributed by atoms with Gasteiger partial charge in [-0.15, -0.1) is 0 Å². The van der Waals surface area contributed by atoms with Gasteiger partial charge in [-0.25, -0.2) is 4.98 Å². The molecule has 2 heterocycles. The molecule has 8 aromatic rings. The number of pyridine rings is 1. The summed E-state index contributed by atoms with van der Waals surface area (Å²) in [7, 11) is 0. The van der Waals surface area contributed by atoms with Gasteiger partial charge in [0.1, 0.15) is 11.6 Å². The Morgan fingerprint density at radius 1 is 0.585 bits per heavy atom. The van der Waals surface area contributed by atoms with Crippen molar-refractivity contribution in [2.45, 2.75) is 125 Å². The first-order chi connectivity index (χ1) is 34.7. The van der Waals surface area contributed by atoms with Crippen LogP contribution in [0.2, 0.25) is 0 Å². The first kappa shape index (κ1) is 34.1. The minimum atomic E-state index is -2.97. The molecule has 2 aromatic heterocycles. The van der Waals surface area contributed by atoms with Crippen LogP contribution in [0.1, 0.15) is 149 Å². The molecule has 6 aromatic carbocycles. The summed E-state index contributed by atoms with van der Waals surface area (Å²) in [6, 6.07) is 27.1. The number of nitrogens with zero attached hydrogens (tertiary/aromatic N) is 3. The Kier molecular flexibility index (Phi) is 8.90. The lowest BCUT2D eigenvalue weighted by Crippen LogP contribution is -2.12. The van der Waals surface area contributed by atoms with Crippen LogP contribution in [0.15, 0.2) is 133 Å². The topological polar surface area (TPSA) is 50.9 Å². The number of phenolic OH excluding ortho intramolecular Hbond substituents is 1. The highest BCUT2D eigenvalue weighted by atomic mass is 16.3. The van der Waals surface area contributed by atoms with Crippen molar-refractivity contribution in [3.05, 3.63) is 167 Å². The first-order valence-electron chi connectivity index (χ1n) is 27.6. The maximum Gasteiger partial charge on any atom is 0.149 e. The maximum atomic E-state index is 12.4. The van der Waals surface area contributed by atoms with Crippen molar-refractivity contribution in [3.63, 3.8) is 0 Å². The smallest absolute Gasteiger partial charge is 0.149 e. The minimum Gasteiger partial charge on any atom is -0.507 e. The van der Waals surface area contributed by atoms with Crippen LogP contribution in [0.5, 0.6) is 5.75 Å². The molecule has 0 saturated heterocycles. The van der Waals surface area contributed by atoms with Crippen LogP contribution >= 0.6 is 0 Å². The molecule has 0 saturated carbocycles. The van der Waals surface area contributed by atoms with E-state index in [1.807, 2.05) is 36.4 Å². The highest BCUT2D eigenvalue weighted by molar-refractivity contribution is 5.98. The van der Waals surface area contributed by atoms with Gasteiger partial charge in [-0.3, -0.25) is 9.55 Å². The van der Waals surface area contributed by atoms with Gasteiger partial charge < -0.3 is 5.11 Å². The third kappa shape index (κ3) is 9.06. The van der Waals surface area contributed by atoms with Crippen LogP contribution in [0.3, 0.4) is 0 Å². The molecule has 0 fully saturated rings. The van der Waals surface area contributed by atoms with Gasteiger partial charge in [0.15, 0.2) is 0 Å². The van der Waals surface area contributed by atoms with E-state index >= 15 is 0 Å². The highest BCUT2D eigenvalue weighted by Gasteiger charge is 2.27. The van der Waals surface area contributed by atoms with Gasteiger partial charge in [-0.1, -0.05) is 174 Å². The molecule has 332 valence electrons. The molecule has 0 aliphatic carbocycles. The second kappa shape index (κ2) is 16.9. The van der Waals surface area contributed by atoms with Gasteiger partial charge in [0.25, 0.3) is 0 Å². The Labute approximate surface area is 402 Å². The molecule has 0 unspecified atom stereocenters. The van der Waals surface area contributed by atoms with E-state index in [0.717, 1.165) is 50.1 Å². The molecular weight excluding hydrogens is 791 g/mol. The molecule has 0 spiro atoms. The Morgan fingerprint density at radius 3 is 1.88 bits per heavy atom. The molecule has 0 bridgehead atoms. The zero-order chi connectivity index (χ0) is 55.3. The summed E-state index contributed by atoms with van der Waals surface area (Å²) >= 11 is 0. The Balaban J connectivity index is 1.47. The second-order valence-electron chi connectivity index (χ2n) is 21.1. The average Bonchev–Trinajstić information content (AvgIpc) is 3.71. The van der Waals surface area contributed by atoms with Gasteiger partial charge in [0.2, 0.25) is 0 Å². The number of aromatic nitrogens is 3. The summed E-state index contributed by atoms with van der Waals surface area (Å²) in [5.74, 6) is 0.823. The van der Waals surface area contributed by atoms with E-state index in [2.05, 4.69) is 154 Å². The molecular formula is C61H67N3O. The van der Waals surface area contributed by atoms with Crippen molar-refractivity contribution in [1.82, 2.24) is 14.5 Å². The van der Waals surface area contributed by atoms with E-state index < -0.39 is 65.8 Å². The fourth-order valence-electron chi connectivity index (χ4n) is 8.33. The van der Waals surface area contributed by atoms with E-state index in [0.29, 0.717) is 28.0 Å². The number of hydrogen-bond acceptors (Lipinski definition) is 3. The number of imidazole rings is 1. The lowest BCUT2D eigenvalue weighted by atomic mass is 9.83. The number of aromatic hydroxyl groups is 1. The normalized spacial score (nSPS) is 14.9. The van der Waals surface area contributed by atoms with Gasteiger partial charge in [0, 0.05) is 27.0 Å². The molecule has 0 atom stereocenters. The lowest BCUT2D eigenvalue weighted by Gasteiger charge is -2.24. The molecule has 0 aliphatic heterocycles. The monoisotopic (exact) mass is 868 g/mol. The number of para-hydroxylation sites is 1. The van der Waals surface area contributed by atoms with Crippen molar-refractivity contribution in [2.24, 2.45) is 0 Å². The molecule has 65 heavy (non-hydrogen) atoms. The predicted molar refractivity (Wildman–Crippen MR) is 277 cm³/mol. The predicted octanol–water partition coefficient (Wildman–Crippen LogP) is 16.9. The number of rotatable bonds is 8. The summed E-state index contributed by atoms with van der Waals surface area (Å²) in [6.45, 7) is 24.8. The van der Waals surface area contributed by atoms with E-state index in [1.165, 1.54) is 5.56 Å². The van der Waals surface area contributed by atoms with Crippen molar-refractivity contribution in [3.8, 4) is 67.5 Å². The average molecular weight is 868 g/mol. The van der Waals surface area contributed by atoms with Crippen LogP contribution in [-0.4, -0.2) is 19.6 Å². The fraction of sp³-hybridized carbons (Fsp3) is 0.311. The molecule has 1 N–H and O–H groups in total. The van der Waals surface area contributed by atoms with E-state index in [-0.39, 0.29) is 39.7 Å². The maximum absolute atomic E-state index is 12.4. The largest absolute Gasteiger partial charge is 0.507 e. The molecule has 0 aliphatic rings. The van der Waals surface area contributed by atoms with Crippen LogP contribution in [0.4, 0.5) is 0 Å². The van der Waals surface area contributed by atoms with Crippen molar-refractivity contribution >= 4 is 11.0 Å². The number of fused-ring (bicyclic) bond motifs is 1. The lowest BCUT2D eigenvalue weighted by molar-refractivity contribution is 0.466. The quantitative estimate of drug-likeness (QED) is 0.166. The van der Waals surface area contributed by atoms with Gasteiger partial charge in [0.05, 0.1) is 37.6 Å². The third-order valence-corrected chi connectivity index (χ3v) is 12.4. The zero-order valence-corrected chi connectivity index (χ0v) is 40.1. The van der Waals surface area contributed by atoms with Crippen LogP contribution in [0.25, 0.3) is 72.7 Å². The van der Waals surface area contributed by atoms with Gasteiger partial charge in [-0.2, -0.15) is 0 Å². The van der Waals surface area contributed by atoms with E-state index in [1.54, 1.807) is 0 Å². The minimum absolute atomic E-state index is 0.00114. The Morgan fingerprint density at radius 2 is 1.25 bits per heavy atom. The third-order valence-electron chi connectivity index (χ3n) is 12.4. The van der Waals surface area contributed by atoms with Crippen molar-refractivity contribution in [1.29, 1.82) is 0 Å². The summed E-state index contributed by atoms with van der Waals surface area (Å²) in [5.41, 5.74) is 9.37. The summed E-state index contributed by atoms with van der Waals surface area (Å²) in [4.78, 5) is 10.1. The van der Waals surface area contributed by atoms with E-state index in [9.17, 15) is 6.48 Å². The SMILES string of the molecule is [2H]c1nc(-c2cc(-c3cccc4c3nc(-c3cc(C(C)C)cc(C(C)C)c3O)n4-c3ccc(C(C)(C)C)cc3-c3ccc(C(C)(C)C)cc3)cc(C(C)(C)C)c2)c([2H])c(-c2c([2H])c([2H])c(C([2H])([2H])[2H])c([2H])c2[2H])c1[2H]. The van der Waals surface area contributed by atoms with Crippen LogP contribution in [0, 0.1) is 6.85 Å². The van der Waals surface area contributed by atoms with Crippen molar-refractivity contribution in [2.75, 3.05) is 0 Å². The Bertz CT molecular complexity index is 3540. The fourth-order valence-corrected chi connectivity index (χ4v) is 8.33.